The summed E-state index contributed by atoms with van der Waals surface area (Å²) in [7, 11) is 0. The predicted molar refractivity (Wildman–Crippen MR) is 47.5 cm³/mol. The molecule has 0 unspecified atom stereocenters. The molecule has 0 saturated carbocycles. The molecule has 0 amide bonds. The van der Waals surface area contributed by atoms with Gasteiger partial charge in [-0.2, -0.15) is 0 Å². The fourth-order valence-corrected chi connectivity index (χ4v) is 1.05. The number of aromatic nitrogens is 1. The van der Waals surface area contributed by atoms with Gasteiger partial charge >= 0.3 is 0 Å². The standard InChI is InChI=1S/C9H14N2O/c10-8(4-3-7-12)9-5-1-2-6-11-9/h1-2,5-6,8,12H,3-4,7,10H2/t8-/m0/s1. The van der Waals surface area contributed by atoms with E-state index in [0.717, 1.165) is 18.5 Å². The Morgan fingerprint density at radius 3 is 2.92 bits per heavy atom. The zero-order chi connectivity index (χ0) is 8.81. The van der Waals surface area contributed by atoms with Crippen LogP contribution in [0, 0.1) is 0 Å². The minimum atomic E-state index is -0.0432. The molecule has 0 spiro atoms. The van der Waals surface area contributed by atoms with Gasteiger partial charge < -0.3 is 10.8 Å². The van der Waals surface area contributed by atoms with Gasteiger partial charge in [-0.15, -0.1) is 0 Å². The summed E-state index contributed by atoms with van der Waals surface area (Å²) in [5.74, 6) is 0. The van der Waals surface area contributed by atoms with Crippen LogP contribution < -0.4 is 5.73 Å². The van der Waals surface area contributed by atoms with Gasteiger partial charge in [-0.1, -0.05) is 6.07 Å². The highest BCUT2D eigenvalue weighted by Crippen LogP contribution is 2.11. The summed E-state index contributed by atoms with van der Waals surface area (Å²) in [6.45, 7) is 0.195. The van der Waals surface area contributed by atoms with Gasteiger partial charge in [0.1, 0.15) is 0 Å². The number of nitrogens with two attached hydrogens (primary N) is 1. The zero-order valence-corrected chi connectivity index (χ0v) is 6.98. The molecule has 1 heterocycles. The van der Waals surface area contributed by atoms with E-state index in [1.807, 2.05) is 18.2 Å². The van der Waals surface area contributed by atoms with E-state index in [1.165, 1.54) is 0 Å². The average Bonchev–Trinajstić information content (AvgIpc) is 2.15. The normalized spacial score (nSPS) is 12.8. The van der Waals surface area contributed by atoms with Crippen molar-refractivity contribution in [1.29, 1.82) is 0 Å². The van der Waals surface area contributed by atoms with Crippen molar-refractivity contribution in [3.63, 3.8) is 0 Å². The maximum Gasteiger partial charge on any atom is 0.0570 e. The Labute approximate surface area is 72.2 Å². The first-order valence-electron chi connectivity index (χ1n) is 4.12. The molecule has 0 aliphatic heterocycles. The van der Waals surface area contributed by atoms with E-state index in [-0.39, 0.29) is 12.6 Å². The van der Waals surface area contributed by atoms with Gasteiger partial charge in [0.25, 0.3) is 0 Å². The number of hydrogen-bond donors (Lipinski definition) is 2. The van der Waals surface area contributed by atoms with Crippen LogP contribution >= 0.6 is 0 Å². The lowest BCUT2D eigenvalue weighted by Crippen LogP contribution is -2.12. The van der Waals surface area contributed by atoms with E-state index < -0.39 is 0 Å². The second-order valence-electron chi connectivity index (χ2n) is 2.73. The number of aliphatic hydroxyl groups excluding tert-OH is 1. The zero-order valence-electron chi connectivity index (χ0n) is 6.98. The summed E-state index contributed by atoms with van der Waals surface area (Å²) in [4.78, 5) is 4.12. The van der Waals surface area contributed by atoms with E-state index in [2.05, 4.69) is 4.98 Å². The van der Waals surface area contributed by atoms with Crippen molar-refractivity contribution in [1.82, 2.24) is 4.98 Å². The van der Waals surface area contributed by atoms with E-state index in [0.29, 0.717) is 0 Å². The Bertz CT molecular complexity index is 213. The minimum absolute atomic E-state index is 0.0432. The monoisotopic (exact) mass is 166 g/mol. The number of hydrogen-bond acceptors (Lipinski definition) is 3. The number of aliphatic hydroxyl groups is 1. The van der Waals surface area contributed by atoms with Crippen LogP contribution in [-0.4, -0.2) is 16.7 Å². The highest BCUT2D eigenvalue weighted by Gasteiger charge is 2.04. The van der Waals surface area contributed by atoms with E-state index in [1.54, 1.807) is 6.20 Å². The fraction of sp³-hybridized carbons (Fsp3) is 0.444. The third-order valence-corrected chi connectivity index (χ3v) is 1.74. The van der Waals surface area contributed by atoms with E-state index in [9.17, 15) is 0 Å². The van der Waals surface area contributed by atoms with Gasteiger partial charge in [-0.25, -0.2) is 0 Å². The molecule has 1 atom stereocenters. The SMILES string of the molecule is N[C@@H](CCCO)c1ccccn1. The van der Waals surface area contributed by atoms with Crippen molar-refractivity contribution in [3.05, 3.63) is 30.1 Å². The van der Waals surface area contributed by atoms with Crippen LogP contribution in [0.15, 0.2) is 24.4 Å². The fourth-order valence-electron chi connectivity index (χ4n) is 1.05. The number of rotatable bonds is 4. The summed E-state index contributed by atoms with van der Waals surface area (Å²) >= 11 is 0. The molecule has 3 heteroatoms. The summed E-state index contributed by atoms with van der Waals surface area (Å²) in [5.41, 5.74) is 6.70. The molecule has 0 saturated heterocycles. The molecule has 3 N–H and O–H groups in total. The molecule has 12 heavy (non-hydrogen) atoms. The third kappa shape index (κ3) is 2.60. The second-order valence-corrected chi connectivity index (χ2v) is 2.73. The molecular formula is C9H14N2O. The highest BCUT2D eigenvalue weighted by atomic mass is 16.2. The van der Waals surface area contributed by atoms with Crippen molar-refractivity contribution >= 4 is 0 Å². The van der Waals surface area contributed by atoms with Crippen LogP contribution in [0.1, 0.15) is 24.6 Å². The lowest BCUT2D eigenvalue weighted by atomic mass is 10.1. The Balaban J connectivity index is 2.48. The molecule has 1 aromatic heterocycles. The lowest BCUT2D eigenvalue weighted by Gasteiger charge is -2.08. The van der Waals surface area contributed by atoms with Gasteiger partial charge in [0.2, 0.25) is 0 Å². The maximum atomic E-state index is 8.59. The molecule has 66 valence electrons. The van der Waals surface area contributed by atoms with Crippen molar-refractivity contribution in [2.45, 2.75) is 18.9 Å². The minimum Gasteiger partial charge on any atom is -0.396 e. The summed E-state index contributed by atoms with van der Waals surface area (Å²) < 4.78 is 0. The topological polar surface area (TPSA) is 59.1 Å². The Morgan fingerprint density at radius 2 is 2.33 bits per heavy atom. The Morgan fingerprint density at radius 1 is 1.50 bits per heavy atom. The van der Waals surface area contributed by atoms with Gasteiger partial charge in [0.05, 0.1) is 5.69 Å². The maximum absolute atomic E-state index is 8.59. The summed E-state index contributed by atoms with van der Waals surface area (Å²) in [6, 6.07) is 5.64. The lowest BCUT2D eigenvalue weighted by molar-refractivity contribution is 0.279. The quantitative estimate of drug-likeness (QED) is 0.697. The van der Waals surface area contributed by atoms with Crippen LogP contribution in [0.4, 0.5) is 0 Å². The van der Waals surface area contributed by atoms with Crippen LogP contribution in [0.3, 0.4) is 0 Å². The van der Waals surface area contributed by atoms with Gasteiger partial charge in [0, 0.05) is 18.8 Å². The highest BCUT2D eigenvalue weighted by molar-refractivity contribution is 5.07. The van der Waals surface area contributed by atoms with Crippen LogP contribution in [-0.2, 0) is 0 Å². The average molecular weight is 166 g/mol. The van der Waals surface area contributed by atoms with E-state index >= 15 is 0 Å². The molecule has 1 aromatic rings. The van der Waals surface area contributed by atoms with Crippen molar-refractivity contribution in [3.8, 4) is 0 Å². The predicted octanol–water partition coefficient (Wildman–Crippen LogP) is 0.854. The number of pyridine rings is 1. The molecule has 1 rings (SSSR count). The van der Waals surface area contributed by atoms with Crippen LogP contribution in [0.25, 0.3) is 0 Å². The van der Waals surface area contributed by atoms with Gasteiger partial charge in [-0.05, 0) is 25.0 Å². The first-order chi connectivity index (χ1) is 5.84. The Kier molecular flexibility index (Phi) is 3.70. The Hall–Kier alpha value is -0.930. The van der Waals surface area contributed by atoms with Gasteiger partial charge in [0.15, 0.2) is 0 Å². The first-order valence-corrected chi connectivity index (χ1v) is 4.12. The molecule has 0 aliphatic carbocycles. The molecule has 0 radical (unpaired) electrons. The third-order valence-electron chi connectivity index (χ3n) is 1.74. The van der Waals surface area contributed by atoms with Crippen LogP contribution in [0.5, 0.6) is 0 Å². The molecule has 0 bridgehead atoms. The molecule has 0 fully saturated rings. The number of nitrogens with zero attached hydrogens (tertiary/aromatic N) is 1. The molecule has 0 aromatic carbocycles. The van der Waals surface area contributed by atoms with Gasteiger partial charge in [-0.3, -0.25) is 4.98 Å². The van der Waals surface area contributed by atoms with E-state index in [4.69, 9.17) is 10.8 Å². The van der Waals surface area contributed by atoms with Crippen LogP contribution in [0.2, 0.25) is 0 Å². The molecule has 0 aliphatic rings. The molecule has 3 nitrogen and oxygen atoms in total. The van der Waals surface area contributed by atoms with Crippen molar-refractivity contribution in [2.75, 3.05) is 6.61 Å². The molecular weight excluding hydrogens is 152 g/mol. The second kappa shape index (κ2) is 4.85. The summed E-state index contributed by atoms with van der Waals surface area (Å²) in [5, 5.41) is 8.59. The van der Waals surface area contributed by atoms with Crippen molar-refractivity contribution < 1.29 is 5.11 Å². The summed E-state index contributed by atoms with van der Waals surface area (Å²) in [6.07, 6.45) is 3.25. The van der Waals surface area contributed by atoms with Crippen molar-refractivity contribution in [2.24, 2.45) is 5.73 Å². The largest absolute Gasteiger partial charge is 0.396 e. The first kappa shape index (κ1) is 9.16. The smallest absolute Gasteiger partial charge is 0.0570 e.